The van der Waals surface area contributed by atoms with Crippen molar-refractivity contribution < 1.29 is 29.1 Å². The monoisotopic (exact) mass is 548 g/mol. The number of hydrogen-bond donors (Lipinski definition) is 7. The van der Waals surface area contributed by atoms with Crippen molar-refractivity contribution in [3.05, 3.63) is 17.5 Å². The minimum atomic E-state index is -0.943. The molecule has 0 spiro atoms. The molecule has 1 aromatic heterocycles. The highest BCUT2D eigenvalue weighted by molar-refractivity contribution is 6.16. The molecule has 2 fully saturated rings. The molecule has 2 aliphatic heterocycles. The van der Waals surface area contributed by atoms with E-state index in [9.17, 15) is 14.4 Å². The van der Waals surface area contributed by atoms with E-state index in [1.165, 1.54) is 13.1 Å². The zero-order valence-electron chi connectivity index (χ0n) is 22.2. The molecule has 0 atom stereocenters. The van der Waals surface area contributed by atoms with E-state index in [1.54, 1.807) is 0 Å². The second kappa shape index (κ2) is 15.6. The van der Waals surface area contributed by atoms with Crippen LogP contribution < -0.4 is 26.6 Å². The number of rotatable bonds is 10. The highest BCUT2D eigenvalue weighted by Gasteiger charge is 2.39. The van der Waals surface area contributed by atoms with Crippen molar-refractivity contribution in [2.24, 2.45) is 0 Å². The van der Waals surface area contributed by atoms with Crippen LogP contribution in [0.5, 0.6) is 0 Å². The molecule has 212 valence electrons. The van der Waals surface area contributed by atoms with Crippen molar-refractivity contribution in [1.29, 1.82) is 0 Å². The molecule has 1 aromatic rings. The maximum atomic E-state index is 10.9. The summed E-state index contributed by atoms with van der Waals surface area (Å²) in [6, 6.07) is 1.51. The molecule has 3 amide bonds. The van der Waals surface area contributed by atoms with E-state index in [1.807, 2.05) is 28.2 Å². The van der Waals surface area contributed by atoms with Crippen molar-refractivity contribution in [1.82, 2.24) is 41.5 Å². The van der Waals surface area contributed by atoms with E-state index in [2.05, 4.69) is 41.5 Å². The summed E-state index contributed by atoms with van der Waals surface area (Å²) in [6.07, 6.45) is -0.166. The molecular formula is C22H41ClN8O6. The lowest BCUT2D eigenvalue weighted by atomic mass is 9.87. The Morgan fingerprint density at radius 1 is 0.973 bits per heavy atom. The number of alkyl halides is 1. The summed E-state index contributed by atoms with van der Waals surface area (Å²) in [5.74, 6) is 0.444. The SMILES string of the molecule is CN(C)C1(CCNC(=O)O)CNC1.CN(C)C1(CCNC(=O)O)CNC1.CNC(=O)c1cc(CCl)on1. The highest BCUT2D eigenvalue weighted by Crippen LogP contribution is 2.21. The number of aromatic nitrogens is 1. The number of nitrogens with zero attached hydrogens (tertiary/aromatic N) is 3. The Balaban J connectivity index is 0.000000279. The second-order valence-corrected chi connectivity index (χ2v) is 9.57. The molecule has 0 unspecified atom stereocenters. The molecular weight excluding hydrogens is 508 g/mol. The average Bonchev–Trinajstić information content (AvgIpc) is 3.26. The summed E-state index contributed by atoms with van der Waals surface area (Å²) >= 11 is 5.42. The minimum Gasteiger partial charge on any atom is -0.465 e. The summed E-state index contributed by atoms with van der Waals surface area (Å²) < 4.78 is 4.69. The molecule has 14 nitrogen and oxygen atoms in total. The molecule has 2 aliphatic rings. The highest BCUT2D eigenvalue weighted by atomic mass is 35.5. The van der Waals surface area contributed by atoms with Gasteiger partial charge in [0.1, 0.15) is 0 Å². The van der Waals surface area contributed by atoms with Crippen LogP contribution in [0.3, 0.4) is 0 Å². The molecule has 3 heterocycles. The summed E-state index contributed by atoms with van der Waals surface area (Å²) in [5.41, 5.74) is 0.563. The van der Waals surface area contributed by atoms with Gasteiger partial charge in [-0.2, -0.15) is 0 Å². The Labute approximate surface area is 222 Å². The van der Waals surface area contributed by atoms with E-state index in [4.69, 9.17) is 26.3 Å². The number of hydrogen-bond acceptors (Lipinski definition) is 9. The summed E-state index contributed by atoms with van der Waals surface area (Å²) in [5, 5.41) is 33.9. The number of amides is 3. The number of nitrogens with one attached hydrogen (secondary N) is 5. The van der Waals surface area contributed by atoms with Crippen LogP contribution in [-0.4, -0.2) is 129 Å². The van der Waals surface area contributed by atoms with Gasteiger partial charge in [0.05, 0.1) is 5.88 Å². The van der Waals surface area contributed by atoms with E-state index in [0.29, 0.717) is 18.8 Å². The lowest BCUT2D eigenvalue weighted by Gasteiger charge is -2.48. The molecule has 2 saturated heterocycles. The molecule has 37 heavy (non-hydrogen) atoms. The van der Waals surface area contributed by atoms with Crippen LogP contribution in [0.1, 0.15) is 29.1 Å². The second-order valence-electron chi connectivity index (χ2n) is 9.30. The lowest BCUT2D eigenvalue weighted by molar-refractivity contribution is 0.0758. The minimum absolute atomic E-state index is 0.155. The first-order valence-electron chi connectivity index (χ1n) is 11.8. The molecule has 0 aromatic carbocycles. The van der Waals surface area contributed by atoms with Crippen LogP contribution in [0.2, 0.25) is 0 Å². The predicted molar refractivity (Wildman–Crippen MR) is 139 cm³/mol. The van der Waals surface area contributed by atoms with Crippen molar-refractivity contribution in [2.75, 3.05) is 74.5 Å². The molecule has 0 aliphatic carbocycles. The number of carbonyl (C=O) groups is 3. The average molecular weight is 549 g/mol. The van der Waals surface area contributed by atoms with Gasteiger partial charge in [0.25, 0.3) is 5.91 Å². The molecule has 0 saturated carbocycles. The Bertz CT molecular complexity index is 816. The van der Waals surface area contributed by atoms with Gasteiger partial charge in [-0.25, -0.2) is 9.59 Å². The van der Waals surface area contributed by atoms with E-state index >= 15 is 0 Å². The zero-order chi connectivity index (χ0) is 28.1. The van der Waals surface area contributed by atoms with Gasteiger partial charge < -0.3 is 51.1 Å². The van der Waals surface area contributed by atoms with Gasteiger partial charge in [-0.3, -0.25) is 4.79 Å². The fraction of sp³-hybridized carbons (Fsp3) is 0.727. The smallest absolute Gasteiger partial charge is 0.404 e. The van der Waals surface area contributed by atoms with Crippen molar-refractivity contribution in [2.45, 2.75) is 29.8 Å². The first kappa shape index (κ1) is 32.4. The fourth-order valence-electron chi connectivity index (χ4n) is 3.68. The maximum absolute atomic E-state index is 10.9. The third-order valence-electron chi connectivity index (χ3n) is 6.60. The standard InChI is InChI=1S/2C8H17N3O2.C6H7ClN2O2/c2*1-11(2)8(5-9-6-8)3-4-10-7(12)13;1-8-6(10)5-2-4(3-7)11-9-5/h2*9-10H,3-6H2,1-2H3,(H,12,13);2H,3H2,1H3,(H,8,10). The number of carboxylic acid groups (broad SMARTS) is 2. The van der Waals surface area contributed by atoms with Crippen LogP contribution in [0.15, 0.2) is 10.6 Å². The van der Waals surface area contributed by atoms with Gasteiger partial charge in [0.15, 0.2) is 11.5 Å². The third kappa shape index (κ3) is 10.3. The van der Waals surface area contributed by atoms with Gasteiger partial charge in [0.2, 0.25) is 0 Å². The van der Waals surface area contributed by atoms with Crippen LogP contribution in [0.4, 0.5) is 9.59 Å². The van der Waals surface area contributed by atoms with Gasteiger partial charge in [-0.15, -0.1) is 11.6 Å². The number of likely N-dealkylation sites (N-methyl/N-ethyl adjacent to an activating group) is 2. The molecule has 15 heteroatoms. The molecule has 0 radical (unpaired) electrons. The Hall–Kier alpha value is -2.65. The summed E-state index contributed by atoms with van der Waals surface area (Å²) in [6.45, 7) is 4.83. The quantitative estimate of drug-likeness (QED) is 0.193. The number of carbonyl (C=O) groups excluding carboxylic acids is 1. The Morgan fingerprint density at radius 2 is 1.41 bits per heavy atom. The van der Waals surface area contributed by atoms with Crippen molar-refractivity contribution in [3.63, 3.8) is 0 Å². The zero-order valence-corrected chi connectivity index (χ0v) is 22.9. The predicted octanol–water partition coefficient (Wildman–Crippen LogP) is -0.132. The van der Waals surface area contributed by atoms with Crippen LogP contribution in [0.25, 0.3) is 0 Å². The van der Waals surface area contributed by atoms with Gasteiger partial charge >= 0.3 is 12.2 Å². The van der Waals surface area contributed by atoms with Crippen LogP contribution >= 0.6 is 11.6 Å². The van der Waals surface area contributed by atoms with Gasteiger partial charge in [0, 0.05) is 63.5 Å². The maximum Gasteiger partial charge on any atom is 0.404 e. The number of halogens is 1. The largest absolute Gasteiger partial charge is 0.465 e. The van der Waals surface area contributed by atoms with Crippen LogP contribution in [-0.2, 0) is 5.88 Å². The third-order valence-corrected chi connectivity index (χ3v) is 6.86. The Kier molecular flexibility index (Phi) is 13.6. The van der Waals surface area contributed by atoms with E-state index in [-0.39, 0.29) is 28.6 Å². The fourth-order valence-corrected chi connectivity index (χ4v) is 3.80. The summed E-state index contributed by atoms with van der Waals surface area (Å²) in [7, 11) is 9.64. The van der Waals surface area contributed by atoms with Crippen molar-refractivity contribution in [3.8, 4) is 0 Å². The first-order valence-corrected chi connectivity index (χ1v) is 12.4. The molecule has 3 rings (SSSR count). The van der Waals surface area contributed by atoms with Crippen LogP contribution in [0, 0.1) is 0 Å². The van der Waals surface area contributed by atoms with Gasteiger partial charge in [-0.1, -0.05) is 5.16 Å². The van der Waals surface area contributed by atoms with Gasteiger partial charge in [-0.05, 0) is 41.0 Å². The normalized spacial score (nSPS) is 16.6. The summed E-state index contributed by atoms with van der Waals surface area (Å²) in [4.78, 5) is 35.6. The Morgan fingerprint density at radius 3 is 1.65 bits per heavy atom. The molecule has 7 N–H and O–H groups in total. The lowest BCUT2D eigenvalue weighted by Crippen LogP contribution is -2.67. The van der Waals surface area contributed by atoms with Crippen molar-refractivity contribution >= 4 is 29.7 Å². The topological polar surface area (TPSA) is 184 Å². The van der Waals surface area contributed by atoms with E-state index in [0.717, 1.165) is 39.0 Å². The molecule has 0 bridgehead atoms. The first-order chi connectivity index (χ1) is 17.4. The van der Waals surface area contributed by atoms with E-state index < -0.39 is 12.2 Å².